The molecule has 0 saturated heterocycles. The highest BCUT2D eigenvalue weighted by atomic mass is 32.2. The second-order valence-corrected chi connectivity index (χ2v) is 9.10. The van der Waals surface area contributed by atoms with E-state index in [1.165, 1.54) is 27.4 Å². The SMILES string of the molecule is CN(Cc1ccccc1F)C(=O)c1cccc(S(=O)(=O)N2CCc3ccccc32)c1. The number of rotatable bonds is 5. The Bertz CT molecular complexity index is 1210. The van der Waals surface area contributed by atoms with E-state index in [0.29, 0.717) is 24.2 Å². The van der Waals surface area contributed by atoms with E-state index in [0.717, 1.165) is 5.56 Å². The molecule has 0 saturated carbocycles. The molecule has 0 atom stereocenters. The molecule has 1 aliphatic heterocycles. The van der Waals surface area contributed by atoms with Crippen molar-refractivity contribution in [3.63, 3.8) is 0 Å². The minimum atomic E-state index is -3.80. The van der Waals surface area contributed by atoms with Crippen molar-refractivity contribution in [1.29, 1.82) is 0 Å². The molecule has 1 aliphatic rings. The van der Waals surface area contributed by atoms with Crippen LogP contribution in [0.5, 0.6) is 0 Å². The predicted molar refractivity (Wildman–Crippen MR) is 113 cm³/mol. The van der Waals surface area contributed by atoms with Gasteiger partial charge in [-0.05, 0) is 42.3 Å². The van der Waals surface area contributed by atoms with E-state index in [4.69, 9.17) is 0 Å². The normalized spacial score (nSPS) is 13.2. The van der Waals surface area contributed by atoms with Gasteiger partial charge in [0, 0.05) is 31.3 Å². The number of para-hydroxylation sites is 1. The van der Waals surface area contributed by atoms with Crippen molar-refractivity contribution in [3.05, 3.63) is 95.3 Å². The first-order chi connectivity index (χ1) is 14.4. The lowest BCUT2D eigenvalue weighted by Gasteiger charge is -2.21. The van der Waals surface area contributed by atoms with Gasteiger partial charge in [0.25, 0.3) is 15.9 Å². The number of sulfonamides is 1. The van der Waals surface area contributed by atoms with E-state index in [1.54, 1.807) is 43.4 Å². The third-order valence-electron chi connectivity index (χ3n) is 5.23. The molecule has 0 radical (unpaired) electrons. The molecule has 154 valence electrons. The zero-order valence-electron chi connectivity index (χ0n) is 16.5. The molecule has 1 amide bonds. The lowest BCUT2D eigenvalue weighted by molar-refractivity contribution is 0.0783. The summed E-state index contributed by atoms with van der Waals surface area (Å²) in [5.41, 5.74) is 2.29. The van der Waals surface area contributed by atoms with Gasteiger partial charge >= 0.3 is 0 Å². The molecule has 0 bridgehead atoms. The van der Waals surface area contributed by atoms with Crippen LogP contribution >= 0.6 is 0 Å². The zero-order valence-corrected chi connectivity index (χ0v) is 17.3. The molecule has 0 unspecified atom stereocenters. The molecular weight excluding hydrogens is 403 g/mol. The first-order valence-corrected chi connectivity index (χ1v) is 11.0. The van der Waals surface area contributed by atoms with Crippen LogP contribution < -0.4 is 4.31 Å². The number of benzene rings is 3. The van der Waals surface area contributed by atoms with E-state index in [-0.39, 0.29) is 28.7 Å². The fourth-order valence-corrected chi connectivity index (χ4v) is 5.20. The number of amides is 1. The maximum Gasteiger partial charge on any atom is 0.264 e. The second kappa shape index (κ2) is 7.91. The Kier molecular flexibility index (Phi) is 5.30. The molecule has 0 fully saturated rings. The zero-order chi connectivity index (χ0) is 21.3. The van der Waals surface area contributed by atoms with Crippen LogP contribution in [0.2, 0.25) is 0 Å². The minimum Gasteiger partial charge on any atom is -0.337 e. The van der Waals surface area contributed by atoms with Gasteiger partial charge < -0.3 is 4.90 Å². The van der Waals surface area contributed by atoms with Gasteiger partial charge in [-0.2, -0.15) is 0 Å². The molecule has 0 aliphatic carbocycles. The molecule has 4 rings (SSSR count). The van der Waals surface area contributed by atoms with Gasteiger partial charge in [0.05, 0.1) is 10.6 Å². The fraction of sp³-hybridized carbons (Fsp3) is 0.174. The van der Waals surface area contributed by atoms with Crippen molar-refractivity contribution in [1.82, 2.24) is 4.90 Å². The molecule has 3 aromatic rings. The average molecular weight is 424 g/mol. The molecule has 3 aromatic carbocycles. The molecule has 0 spiro atoms. The Morgan fingerprint density at radius 2 is 1.77 bits per heavy atom. The van der Waals surface area contributed by atoms with Crippen LogP contribution in [0, 0.1) is 5.82 Å². The van der Waals surface area contributed by atoms with Gasteiger partial charge in [-0.15, -0.1) is 0 Å². The Morgan fingerprint density at radius 3 is 2.57 bits per heavy atom. The van der Waals surface area contributed by atoms with Gasteiger partial charge in [-0.3, -0.25) is 9.10 Å². The summed E-state index contributed by atoms with van der Waals surface area (Å²) >= 11 is 0. The van der Waals surface area contributed by atoms with Crippen LogP contribution in [0.4, 0.5) is 10.1 Å². The number of carbonyl (C=O) groups is 1. The van der Waals surface area contributed by atoms with E-state index in [9.17, 15) is 17.6 Å². The fourth-order valence-electron chi connectivity index (χ4n) is 3.65. The van der Waals surface area contributed by atoms with Crippen molar-refractivity contribution in [2.45, 2.75) is 17.9 Å². The Balaban J connectivity index is 1.59. The van der Waals surface area contributed by atoms with Gasteiger partial charge in [0.15, 0.2) is 0 Å². The van der Waals surface area contributed by atoms with E-state index < -0.39 is 10.0 Å². The van der Waals surface area contributed by atoms with Gasteiger partial charge in [-0.25, -0.2) is 12.8 Å². The lowest BCUT2D eigenvalue weighted by Crippen LogP contribution is -2.30. The molecule has 0 aromatic heterocycles. The number of carbonyl (C=O) groups excluding carboxylic acids is 1. The topological polar surface area (TPSA) is 57.7 Å². The van der Waals surface area contributed by atoms with Crippen LogP contribution in [0.15, 0.2) is 77.7 Å². The third kappa shape index (κ3) is 3.68. The number of hydrogen-bond donors (Lipinski definition) is 0. The van der Waals surface area contributed by atoms with Crippen LogP contribution in [0.3, 0.4) is 0 Å². The first-order valence-electron chi connectivity index (χ1n) is 9.57. The molecule has 30 heavy (non-hydrogen) atoms. The maximum absolute atomic E-state index is 13.9. The van der Waals surface area contributed by atoms with Crippen molar-refractivity contribution < 1.29 is 17.6 Å². The molecule has 0 N–H and O–H groups in total. The van der Waals surface area contributed by atoms with Crippen molar-refractivity contribution in [2.75, 3.05) is 17.9 Å². The largest absolute Gasteiger partial charge is 0.337 e. The van der Waals surface area contributed by atoms with Crippen LogP contribution in [-0.4, -0.2) is 32.8 Å². The first kappa shape index (κ1) is 20.1. The minimum absolute atomic E-state index is 0.0596. The molecular formula is C23H21FN2O3S. The number of anilines is 1. The standard InChI is InChI=1S/C23H21FN2O3S/c1-25(16-19-8-2-4-11-21(19)24)23(27)18-9-6-10-20(15-18)30(28,29)26-14-13-17-7-3-5-12-22(17)26/h2-12,15H,13-14,16H2,1H3. The number of halogens is 1. The molecule has 7 heteroatoms. The lowest BCUT2D eigenvalue weighted by atomic mass is 10.1. The monoisotopic (exact) mass is 424 g/mol. The smallest absolute Gasteiger partial charge is 0.264 e. The van der Waals surface area contributed by atoms with Gasteiger partial charge in [-0.1, -0.05) is 42.5 Å². The Labute approximate surface area is 175 Å². The summed E-state index contributed by atoms with van der Waals surface area (Å²) in [6.07, 6.45) is 0.652. The van der Waals surface area contributed by atoms with Gasteiger partial charge in [0.2, 0.25) is 0 Å². The van der Waals surface area contributed by atoms with Crippen molar-refractivity contribution in [2.24, 2.45) is 0 Å². The number of hydrogen-bond acceptors (Lipinski definition) is 3. The number of nitrogens with zero attached hydrogens (tertiary/aromatic N) is 2. The molecule has 1 heterocycles. The Hall–Kier alpha value is -3.19. The summed E-state index contributed by atoms with van der Waals surface area (Å²) in [5, 5.41) is 0. The summed E-state index contributed by atoms with van der Waals surface area (Å²) in [4.78, 5) is 14.3. The highest BCUT2D eigenvalue weighted by Crippen LogP contribution is 2.32. The highest BCUT2D eigenvalue weighted by molar-refractivity contribution is 7.92. The highest BCUT2D eigenvalue weighted by Gasteiger charge is 2.31. The summed E-state index contributed by atoms with van der Waals surface area (Å²) in [6, 6.07) is 19.7. The van der Waals surface area contributed by atoms with E-state index in [1.807, 2.05) is 18.2 Å². The van der Waals surface area contributed by atoms with E-state index >= 15 is 0 Å². The predicted octanol–water partition coefficient (Wildman–Crippen LogP) is 3.85. The van der Waals surface area contributed by atoms with Crippen molar-refractivity contribution >= 4 is 21.6 Å². The van der Waals surface area contributed by atoms with E-state index in [2.05, 4.69) is 0 Å². The Morgan fingerprint density at radius 1 is 1.03 bits per heavy atom. The summed E-state index contributed by atoms with van der Waals surface area (Å²) in [6.45, 7) is 0.453. The van der Waals surface area contributed by atoms with Crippen LogP contribution in [-0.2, 0) is 23.0 Å². The number of fused-ring (bicyclic) bond motifs is 1. The average Bonchev–Trinajstić information content (AvgIpc) is 3.20. The molecule has 5 nitrogen and oxygen atoms in total. The third-order valence-corrected chi connectivity index (χ3v) is 7.03. The maximum atomic E-state index is 13.9. The quantitative estimate of drug-likeness (QED) is 0.625. The second-order valence-electron chi connectivity index (χ2n) is 7.24. The summed E-state index contributed by atoms with van der Waals surface area (Å²) < 4.78 is 41.7. The summed E-state index contributed by atoms with van der Waals surface area (Å²) in [5.74, 6) is -0.765. The van der Waals surface area contributed by atoms with Crippen LogP contribution in [0.1, 0.15) is 21.5 Å². The summed E-state index contributed by atoms with van der Waals surface area (Å²) in [7, 11) is -2.23. The van der Waals surface area contributed by atoms with Crippen LogP contribution in [0.25, 0.3) is 0 Å². The van der Waals surface area contributed by atoms with Gasteiger partial charge in [0.1, 0.15) is 5.82 Å². The van der Waals surface area contributed by atoms with Crippen molar-refractivity contribution in [3.8, 4) is 0 Å².